The zero-order chi connectivity index (χ0) is 19.1. The molecule has 0 saturated carbocycles. The maximum Gasteiger partial charge on any atom is 0.262 e. The standard InChI is InChI=1S/C19H28N4O2S/c1-5-14(2)20-17(24)13-26-19-21-16-10-7-6-9-15(16)18(25)23(19)12-8-11-22(3)4/h6-7,9-10,14H,5,8,11-13H2,1-4H3,(H,20,24)/p+1/t14-/m1/s1. The Labute approximate surface area is 159 Å². The Hall–Kier alpha value is -1.86. The number of benzene rings is 1. The zero-order valence-electron chi connectivity index (χ0n) is 16.0. The van der Waals surface area contributed by atoms with Gasteiger partial charge in [-0.2, -0.15) is 0 Å². The number of hydrogen-bond acceptors (Lipinski definition) is 4. The molecule has 26 heavy (non-hydrogen) atoms. The maximum absolute atomic E-state index is 12.9. The topological polar surface area (TPSA) is 68.4 Å². The molecule has 142 valence electrons. The summed E-state index contributed by atoms with van der Waals surface area (Å²) in [4.78, 5) is 31.0. The van der Waals surface area contributed by atoms with Gasteiger partial charge in [0.15, 0.2) is 5.16 Å². The zero-order valence-corrected chi connectivity index (χ0v) is 16.9. The molecule has 2 aromatic rings. The number of quaternary nitrogens is 1. The van der Waals surface area contributed by atoms with Crippen molar-refractivity contribution >= 4 is 28.6 Å². The molecular weight excluding hydrogens is 348 g/mol. The average Bonchev–Trinajstić information content (AvgIpc) is 2.61. The molecule has 1 atom stereocenters. The van der Waals surface area contributed by atoms with Gasteiger partial charge in [-0.15, -0.1) is 0 Å². The van der Waals surface area contributed by atoms with Gasteiger partial charge in [-0.3, -0.25) is 14.2 Å². The Kier molecular flexibility index (Phi) is 7.66. The summed E-state index contributed by atoms with van der Waals surface area (Å²) in [5.74, 6) is 0.227. The molecular formula is C19H29N4O2S+. The molecule has 2 N–H and O–H groups in total. The highest BCUT2D eigenvalue weighted by Gasteiger charge is 2.14. The van der Waals surface area contributed by atoms with Crippen LogP contribution in [0, 0.1) is 0 Å². The molecule has 0 spiro atoms. The van der Waals surface area contributed by atoms with Crippen molar-refractivity contribution in [1.82, 2.24) is 14.9 Å². The van der Waals surface area contributed by atoms with Crippen molar-refractivity contribution in [1.29, 1.82) is 0 Å². The van der Waals surface area contributed by atoms with Crippen LogP contribution in [-0.4, -0.2) is 47.9 Å². The lowest BCUT2D eigenvalue weighted by molar-refractivity contribution is -0.858. The minimum atomic E-state index is -0.0332. The smallest absolute Gasteiger partial charge is 0.262 e. The summed E-state index contributed by atoms with van der Waals surface area (Å²) in [6.45, 7) is 5.60. The number of hydrogen-bond donors (Lipinski definition) is 2. The van der Waals surface area contributed by atoms with Crippen LogP contribution in [0.4, 0.5) is 0 Å². The van der Waals surface area contributed by atoms with Gasteiger partial charge in [0.25, 0.3) is 5.56 Å². The molecule has 1 amide bonds. The number of para-hydroxylation sites is 1. The molecule has 0 bridgehead atoms. The summed E-state index contributed by atoms with van der Waals surface area (Å²) in [5.41, 5.74) is 0.644. The van der Waals surface area contributed by atoms with E-state index in [1.807, 2.05) is 38.1 Å². The van der Waals surface area contributed by atoms with E-state index in [-0.39, 0.29) is 23.3 Å². The molecule has 0 aliphatic heterocycles. The summed E-state index contributed by atoms with van der Waals surface area (Å²) >= 11 is 1.33. The first-order valence-corrected chi connectivity index (χ1v) is 10.1. The largest absolute Gasteiger partial charge is 0.353 e. The number of carbonyl (C=O) groups excluding carboxylic acids is 1. The van der Waals surface area contributed by atoms with Gasteiger partial charge in [-0.05, 0) is 25.5 Å². The highest BCUT2D eigenvalue weighted by atomic mass is 32.2. The van der Waals surface area contributed by atoms with Crippen molar-refractivity contribution in [3.8, 4) is 0 Å². The van der Waals surface area contributed by atoms with Crippen LogP contribution in [0.1, 0.15) is 26.7 Å². The van der Waals surface area contributed by atoms with Gasteiger partial charge >= 0.3 is 0 Å². The predicted molar refractivity (Wildman–Crippen MR) is 107 cm³/mol. The number of amides is 1. The monoisotopic (exact) mass is 377 g/mol. The molecule has 0 saturated heterocycles. The highest BCUT2D eigenvalue weighted by molar-refractivity contribution is 7.99. The summed E-state index contributed by atoms with van der Waals surface area (Å²) in [6, 6.07) is 7.53. The number of thioether (sulfide) groups is 1. The lowest BCUT2D eigenvalue weighted by Crippen LogP contribution is -3.05. The Morgan fingerprint density at radius 1 is 1.35 bits per heavy atom. The first-order valence-electron chi connectivity index (χ1n) is 9.13. The predicted octanol–water partition coefficient (Wildman–Crippen LogP) is 0.938. The fourth-order valence-corrected chi connectivity index (χ4v) is 3.43. The third-order valence-corrected chi connectivity index (χ3v) is 5.21. The van der Waals surface area contributed by atoms with Crippen LogP contribution in [0.5, 0.6) is 0 Å². The fraction of sp³-hybridized carbons (Fsp3) is 0.526. The van der Waals surface area contributed by atoms with Crippen LogP contribution in [0.2, 0.25) is 0 Å². The van der Waals surface area contributed by atoms with E-state index in [0.717, 1.165) is 19.4 Å². The molecule has 0 unspecified atom stereocenters. The van der Waals surface area contributed by atoms with Crippen LogP contribution in [0.25, 0.3) is 10.9 Å². The molecule has 6 nitrogen and oxygen atoms in total. The Bertz CT molecular complexity index is 804. The lowest BCUT2D eigenvalue weighted by Gasteiger charge is -2.15. The van der Waals surface area contributed by atoms with E-state index >= 15 is 0 Å². The van der Waals surface area contributed by atoms with Crippen molar-refractivity contribution in [3.63, 3.8) is 0 Å². The highest BCUT2D eigenvalue weighted by Crippen LogP contribution is 2.18. The van der Waals surface area contributed by atoms with Crippen LogP contribution < -0.4 is 15.8 Å². The second kappa shape index (κ2) is 9.73. The molecule has 1 aromatic carbocycles. The van der Waals surface area contributed by atoms with Gasteiger partial charge in [-0.25, -0.2) is 4.98 Å². The van der Waals surface area contributed by atoms with E-state index < -0.39 is 0 Å². The van der Waals surface area contributed by atoms with E-state index in [1.165, 1.54) is 16.7 Å². The minimum Gasteiger partial charge on any atom is -0.353 e. The van der Waals surface area contributed by atoms with Crippen LogP contribution in [-0.2, 0) is 11.3 Å². The number of carbonyl (C=O) groups is 1. The molecule has 7 heteroatoms. The second-order valence-corrected chi connectivity index (χ2v) is 7.79. The van der Waals surface area contributed by atoms with Gasteiger partial charge in [0.2, 0.25) is 5.91 Å². The number of nitrogens with zero attached hydrogens (tertiary/aromatic N) is 2. The quantitative estimate of drug-likeness (QED) is 0.504. The molecule has 1 heterocycles. The summed E-state index contributed by atoms with van der Waals surface area (Å²) < 4.78 is 1.71. The van der Waals surface area contributed by atoms with Crippen LogP contribution >= 0.6 is 11.8 Å². The minimum absolute atomic E-state index is 0.0314. The van der Waals surface area contributed by atoms with Crippen molar-refractivity contribution in [3.05, 3.63) is 34.6 Å². The average molecular weight is 378 g/mol. The van der Waals surface area contributed by atoms with Gasteiger partial charge in [0.05, 0.1) is 37.3 Å². The molecule has 0 aliphatic carbocycles. The third kappa shape index (κ3) is 5.57. The van der Waals surface area contributed by atoms with E-state index in [0.29, 0.717) is 22.6 Å². The van der Waals surface area contributed by atoms with Gasteiger partial charge in [-0.1, -0.05) is 30.8 Å². The fourth-order valence-electron chi connectivity index (χ4n) is 2.59. The summed E-state index contributed by atoms with van der Waals surface area (Å²) in [5, 5.41) is 4.19. The third-order valence-electron chi connectivity index (χ3n) is 4.24. The SMILES string of the molecule is CC[C@@H](C)NC(=O)CSc1nc2ccccc2c(=O)n1CCC[NH+](C)C. The van der Waals surface area contributed by atoms with Crippen LogP contribution in [0.15, 0.2) is 34.2 Å². The number of nitrogens with one attached hydrogen (secondary N) is 2. The first-order chi connectivity index (χ1) is 12.4. The lowest BCUT2D eigenvalue weighted by atomic mass is 10.2. The number of rotatable bonds is 9. The van der Waals surface area contributed by atoms with Gasteiger partial charge in [0, 0.05) is 19.0 Å². The summed E-state index contributed by atoms with van der Waals surface area (Å²) in [6.07, 6.45) is 1.77. The summed E-state index contributed by atoms with van der Waals surface area (Å²) in [7, 11) is 4.19. The number of fused-ring (bicyclic) bond motifs is 1. The van der Waals surface area contributed by atoms with Crippen molar-refractivity contribution in [2.24, 2.45) is 0 Å². The van der Waals surface area contributed by atoms with Crippen molar-refractivity contribution in [2.75, 3.05) is 26.4 Å². The van der Waals surface area contributed by atoms with Crippen LogP contribution in [0.3, 0.4) is 0 Å². The van der Waals surface area contributed by atoms with E-state index in [9.17, 15) is 9.59 Å². The Morgan fingerprint density at radius 2 is 2.08 bits per heavy atom. The second-order valence-electron chi connectivity index (χ2n) is 6.84. The Balaban J connectivity index is 2.24. The maximum atomic E-state index is 12.9. The van der Waals surface area contributed by atoms with Crippen molar-refractivity contribution in [2.45, 2.75) is 44.4 Å². The number of aromatic nitrogens is 2. The van der Waals surface area contributed by atoms with Gasteiger partial charge < -0.3 is 10.2 Å². The normalized spacial score (nSPS) is 12.5. The molecule has 1 aromatic heterocycles. The van der Waals surface area contributed by atoms with Crippen molar-refractivity contribution < 1.29 is 9.69 Å². The van der Waals surface area contributed by atoms with E-state index in [1.54, 1.807) is 4.57 Å². The van der Waals surface area contributed by atoms with E-state index in [2.05, 4.69) is 24.4 Å². The molecule has 0 fully saturated rings. The Morgan fingerprint density at radius 3 is 2.77 bits per heavy atom. The molecule has 0 radical (unpaired) electrons. The molecule has 2 rings (SSSR count). The molecule has 0 aliphatic rings. The van der Waals surface area contributed by atoms with E-state index in [4.69, 9.17) is 0 Å². The first kappa shape index (κ1) is 20.5. The van der Waals surface area contributed by atoms with Gasteiger partial charge in [0.1, 0.15) is 0 Å².